The third kappa shape index (κ3) is 4.07. The molecule has 2 heterocycles. The predicted octanol–water partition coefficient (Wildman–Crippen LogP) is 3.06. The summed E-state index contributed by atoms with van der Waals surface area (Å²) in [4.78, 5) is 5.97. The third-order valence-corrected chi connectivity index (χ3v) is 4.45. The molecule has 1 saturated heterocycles. The first-order chi connectivity index (χ1) is 8.77. The molecule has 2 atom stereocenters. The fourth-order valence-electron chi connectivity index (χ4n) is 2.44. The van der Waals surface area contributed by atoms with Crippen molar-refractivity contribution in [2.24, 2.45) is 11.7 Å². The number of rotatable bonds is 3. The van der Waals surface area contributed by atoms with Crippen LogP contribution in [0.15, 0.2) is 0 Å². The van der Waals surface area contributed by atoms with Gasteiger partial charge in [0.25, 0.3) is 0 Å². The number of nitrogens with zero attached hydrogens (tertiary/aromatic N) is 2. The van der Waals surface area contributed by atoms with Crippen molar-refractivity contribution in [2.45, 2.75) is 39.0 Å². The summed E-state index contributed by atoms with van der Waals surface area (Å²) in [6, 6.07) is 0.0929. The standard InChI is InChI=1S/C12H18F3N3S.ClH/c1-7(16)9-3-4-18(5-9)6-10-11(12(13,14)15)17-8(2)19-10;/h7,9H,3-6,16H2,1-2H3;1H. The lowest BCUT2D eigenvalue weighted by Gasteiger charge is -2.17. The van der Waals surface area contributed by atoms with E-state index in [-0.39, 0.29) is 18.4 Å². The number of alkyl halides is 3. The number of halogens is 4. The molecule has 0 spiro atoms. The Balaban J connectivity index is 0.00000200. The maximum Gasteiger partial charge on any atom is 0.434 e. The van der Waals surface area contributed by atoms with E-state index >= 15 is 0 Å². The molecular weight excluding hydrogens is 311 g/mol. The minimum Gasteiger partial charge on any atom is -0.328 e. The summed E-state index contributed by atoms with van der Waals surface area (Å²) >= 11 is 1.13. The minimum atomic E-state index is -4.36. The second-order valence-corrected chi connectivity index (χ2v) is 6.43. The summed E-state index contributed by atoms with van der Waals surface area (Å²) < 4.78 is 38.5. The van der Waals surface area contributed by atoms with Gasteiger partial charge in [-0.1, -0.05) is 0 Å². The summed E-state index contributed by atoms with van der Waals surface area (Å²) in [6.45, 7) is 5.46. The Morgan fingerprint density at radius 1 is 1.50 bits per heavy atom. The molecule has 0 radical (unpaired) electrons. The van der Waals surface area contributed by atoms with Crippen LogP contribution in [0, 0.1) is 12.8 Å². The molecule has 116 valence electrons. The zero-order chi connectivity index (χ0) is 14.2. The van der Waals surface area contributed by atoms with E-state index in [9.17, 15) is 13.2 Å². The average Bonchev–Trinajstić information content (AvgIpc) is 2.85. The Kier molecular flexibility index (Phi) is 5.83. The largest absolute Gasteiger partial charge is 0.434 e. The van der Waals surface area contributed by atoms with E-state index in [0.717, 1.165) is 30.8 Å². The molecule has 0 saturated carbocycles. The molecule has 2 unspecified atom stereocenters. The summed E-state index contributed by atoms with van der Waals surface area (Å²) in [7, 11) is 0. The van der Waals surface area contributed by atoms with Gasteiger partial charge in [-0.3, -0.25) is 4.90 Å². The smallest absolute Gasteiger partial charge is 0.328 e. The molecule has 8 heteroatoms. The molecule has 0 aromatic carbocycles. The molecule has 0 amide bonds. The van der Waals surface area contributed by atoms with Gasteiger partial charge in [-0.15, -0.1) is 23.7 Å². The normalized spacial score (nSPS) is 21.8. The summed E-state index contributed by atoms with van der Waals surface area (Å²) in [5.74, 6) is 0.378. The Morgan fingerprint density at radius 3 is 2.65 bits per heavy atom. The summed E-state index contributed by atoms with van der Waals surface area (Å²) in [5.41, 5.74) is 5.12. The van der Waals surface area contributed by atoms with E-state index in [2.05, 4.69) is 4.98 Å². The van der Waals surface area contributed by atoms with Gasteiger partial charge in [0, 0.05) is 19.1 Å². The van der Waals surface area contributed by atoms with Crippen molar-refractivity contribution in [3.8, 4) is 0 Å². The zero-order valence-corrected chi connectivity index (χ0v) is 13.0. The SMILES string of the molecule is Cc1nc(C(F)(F)F)c(CN2CCC(C(C)N)C2)s1.Cl. The van der Waals surface area contributed by atoms with Gasteiger partial charge in [-0.05, 0) is 32.7 Å². The third-order valence-electron chi connectivity index (χ3n) is 3.49. The van der Waals surface area contributed by atoms with Crippen LogP contribution in [-0.4, -0.2) is 29.0 Å². The summed E-state index contributed by atoms with van der Waals surface area (Å²) in [5, 5.41) is 0.463. The van der Waals surface area contributed by atoms with Gasteiger partial charge in [0.2, 0.25) is 0 Å². The van der Waals surface area contributed by atoms with Crippen LogP contribution in [0.4, 0.5) is 13.2 Å². The molecule has 0 aliphatic carbocycles. The number of hydrogen-bond acceptors (Lipinski definition) is 4. The lowest BCUT2D eigenvalue weighted by Crippen LogP contribution is -2.29. The Morgan fingerprint density at radius 2 is 2.15 bits per heavy atom. The molecule has 20 heavy (non-hydrogen) atoms. The van der Waals surface area contributed by atoms with Gasteiger partial charge in [0.15, 0.2) is 5.69 Å². The highest BCUT2D eigenvalue weighted by molar-refractivity contribution is 7.11. The maximum atomic E-state index is 12.8. The highest BCUT2D eigenvalue weighted by Crippen LogP contribution is 2.35. The highest BCUT2D eigenvalue weighted by Gasteiger charge is 2.38. The molecule has 2 rings (SSSR count). The molecule has 1 aliphatic rings. The quantitative estimate of drug-likeness (QED) is 0.926. The van der Waals surface area contributed by atoms with Crippen molar-refractivity contribution in [1.29, 1.82) is 0 Å². The van der Waals surface area contributed by atoms with Gasteiger partial charge < -0.3 is 5.73 Å². The minimum absolute atomic E-state index is 0. The predicted molar refractivity (Wildman–Crippen MR) is 76.1 cm³/mol. The number of hydrogen-bond donors (Lipinski definition) is 1. The van der Waals surface area contributed by atoms with Crippen LogP contribution in [0.3, 0.4) is 0 Å². The lowest BCUT2D eigenvalue weighted by atomic mass is 10.0. The molecule has 3 nitrogen and oxygen atoms in total. The number of aryl methyl sites for hydroxylation is 1. The van der Waals surface area contributed by atoms with Crippen molar-refractivity contribution in [3.05, 3.63) is 15.6 Å². The molecule has 2 N–H and O–H groups in total. The molecule has 0 bridgehead atoms. The van der Waals surface area contributed by atoms with Crippen molar-refractivity contribution >= 4 is 23.7 Å². The van der Waals surface area contributed by atoms with E-state index in [1.165, 1.54) is 0 Å². The number of thiazole rings is 1. The average molecular weight is 330 g/mol. The number of aromatic nitrogens is 1. The van der Waals surface area contributed by atoms with Gasteiger partial charge in [0.1, 0.15) is 0 Å². The zero-order valence-electron chi connectivity index (χ0n) is 11.4. The molecule has 1 aromatic rings. The van der Waals surface area contributed by atoms with Crippen LogP contribution in [0.2, 0.25) is 0 Å². The molecular formula is C12H19ClF3N3S. The second kappa shape index (κ2) is 6.60. The van der Waals surface area contributed by atoms with Crippen molar-refractivity contribution in [3.63, 3.8) is 0 Å². The first kappa shape index (κ1) is 17.7. The highest BCUT2D eigenvalue weighted by atomic mass is 35.5. The first-order valence-electron chi connectivity index (χ1n) is 6.29. The lowest BCUT2D eigenvalue weighted by molar-refractivity contribution is -0.141. The fraction of sp³-hybridized carbons (Fsp3) is 0.750. The first-order valence-corrected chi connectivity index (χ1v) is 7.10. The molecule has 1 fully saturated rings. The van der Waals surface area contributed by atoms with Crippen LogP contribution in [0.5, 0.6) is 0 Å². The maximum absolute atomic E-state index is 12.8. The monoisotopic (exact) mass is 329 g/mol. The van der Waals surface area contributed by atoms with E-state index < -0.39 is 11.9 Å². The van der Waals surface area contributed by atoms with Crippen molar-refractivity contribution in [2.75, 3.05) is 13.1 Å². The Labute approximate surface area is 126 Å². The Bertz CT molecular complexity index is 448. The topological polar surface area (TPSA) is 42.2 Å². The van der Waals surface area contributed by atoms with Gasteiger partial charge in [0.05, 0.1) is 9.88 Å². The Hall–Kier alpha value is -0.370. The van der Waals surface area contributed by atoms with E-state index in [1.807, 2.05) is 11.8 Å². The van der Waals surface area contributed by atoms with Crippen LogP contribution >= 0.6 is 23.7 Å². The van der Waals surface area contributed by atoms with E-state index in [0.29, 0.717) is 22.3 Å². The van der Waals surface area contributed by atoms with Gasteiger partial charge in [-0.2, -0.15) is 13.2 Å². The van der Waals surface area contributed by atoms with E-state index in [1.54, 1.807) is 6.92 Å². The van der Waals surface area contributed by atoms with E-state index in [4.69, 9.17) is 5.73 Å². The van der Waals surface area contributed by atoms with Crippen molar-refractivity contribution in [1.82, 2.24) is 9.88 Å². The van der Waals surface area contributed by atoms with Gasteiger partial charge in [-0.25, -0.2) is 4.98 Å². The van der Waals surface area contributed by atoms with Crippen LogP contribution < -0.4 is 5.73 Å². The van der Waals surface area contributed by atoms with Crippen molar-refractivity contribution < 1.29 is 13.2 Å². The molecule has 1 aromatic heterocycles. The molecule has 1 aliphatic heterocycles. The summed E-state index contributed by atoms with van der Waals surface area (Å²) in [6.07, 6.45) is -3.41. The second-order valence-electron chi connectivity index (χ2n) is 5.15. The van der Waals surface area contributed by atoms with Gasteiger partial charge >= 0.3 is 6.18 Å². The fourth-order valence-corrected chi connectivity index (χ4v) is 3.44. The number of nitrogens with two attached hydrogens (primary N) is 1. The van der Waals surface area contributed by atoms with Crippen LogP contribution in [0.1, 0.15) is 28.9 Å². The van der Waals surface area contributed by atoms with Crippen LogP contribution in [0.25, 0.3) is 0 Å². The van der Waals surface area contributed by atoms with Crippen LogP contribution in [-0.2, 0) is 12.7 Å². The number of likely N-dealkylation sites (tertiary alicyclic amines) is 1.